The van der Waals surface area contributed by atoms with Crippen molar-refractivity contribution >= 4 is 35.4 Å². The summed E-state index contributed by atoms with van der Waals surface area (Å²) >= 11 is 6.90. The molecule has 0 bridgehead atoms. The Morgan fingerprint density at radius 2 is 1.48 bits per heavy atom. The molecule has 2 heterocycles. The molecule has 0 aliphatic carbocycles. The summed E-state index contributed by atoms with van der Waals surface area (Å²) in [5.74, 6) is -0.824. The molecule has 8 heteroatoms. The maximum atomic E-state index is 12.5. The number of hydrogen-bond donors (Lipinski definition) is 1. The maximum absolute atomic E-state index is 12.5. The van der Waals surface area contributed by atoms with Gasteiger partial charge in [0.2, 0.25) is 5.89 Å². The van der Waals surface area contributed by atoms with Crippen LogP contribution in [-0.4, -0.2) is 25.8 Å². The molecule has 0 aliphatic rings. The summed E-state index contributed by atoms with van der Waals surface area (Å²) in [6.07, 6.45) is 1.67. The van der Waals surface area contributed by atoms with Crippen LogP contribution in [-0.2, 0) is 4.79 Å². The number of aryl methyl sites for hydroxylation is 1. The van der Waals surface area contributed by atoms with E-state index in [0.717, 1.165) is 51.1 Å². The van der Waals surface area contributed by atoms with Crippen molar-refractivity contribution in [3.05, 3.63) is 136 Å². The van der Waals surface area contributed by atoms with Crippen molar-refractivity contribution in [2.24, 2.45) is 0 Å². The predicted octanol–water partition coefficient (Wildman–Crippen LogP) is 9.04. The maximum Gasteiger partial charge on any atom is 0.342 e. The molecule has 6 rings (SSSR count). The van der Waals surface area contributed by atoms with Gasteiger partial charge in [-0.3, -0.25) is 0 Å². The second-order valence-electron chi connectivity index (χ2n) is 9.53. The minimum atomic E-state index is -1.10. The van der Waals surface area contributed by atoms with E-state index in [4.69, 9.17) is 16.0 Å². The zero-order valence-electron chi connectivity index (χ0n) is 22.4. The molecule has 206 valence electrons. The highest BCUT2D eigenvalue weighted by molar-refractivity contribution is 8.03. The van der Waals surface area contributed by atoms with Crippen molar-refractivity contribution in [2.75, 3.05) is 0 Å². The molecule has 4 aromatic carbocycles. The molecule has 0 unspecified atom stereocenters. The van der Waals surface area contributed by atoms with E-state index in [0.29, 0.717) is 10.6 Å². The standard InChI is InChI=1S/C34H24ClN3O3S/c1-22-12-18-28(19-13-22)38-29(23-8-4-2-5-9-23)20-26(31(38)24-10-6-3-7-11-24)21-30(33(39)40)42-34-37-36-32(41-34)25-14-16-27(35)17-15-25/h2-21H,1H3,(H,39,40)/b30-21-. The largest absolute Gasteiger partial charge is 0.477 e. The Morgan fingerprint density at radius 1 is 0.833 bits per heavy atom. The van der Waals surface area contributed by atoms with E-state index < -0.39 is 5.97 Å². The van der Waals surface area contributed by atoms with E-state index >= 15 is 0 Å². The van der Waals surface area contributed by atoms with Gasteiger partial charge in [0.15, 0.2) is 0 Å². The summed E-state index contributed by atoms with van der Waals surface area (Å²) in [5, 5.41) is 19.2. The first-order chi connectivity index (χ1) is 20.5. The average Bonchev–Trinajstić information content (AvgIpc) is 3.63. The second kappa shape index (κ2) is 11.9. The van der Waals surface area contributed by atoms with Crippen molar-refractivity contribution in [1.29, 1.82) is 0 Å². The van der Waals surface area contributed by atoms with E-state index in [9.17, 15) is 9.90 Å². The first kappa shape index (κ1) is 27.3. The van der Waals surface area contributed by atoms with Crippen LogP contribution in [0.1, 0.15) is 11.1 Å². The van der Waals surface area contributed by atoms with Gasteiger partial charge in [-0.05, 0) is 78.4 Å². The first-order valence-electron chi connectivity index (χ1n) is 13.1. The topological polar surface area (TPSA) is 81.2 Å². The highest BCUT2D eigenvalue weighted by Crippen LogP contribution is 2.39. The third kappa shape index (κ3) is 5.79. The molecule has 6 nitrogen and oxygen atoms in total. The number of aromatic nitrogens is 3. The summed E-state index contributed by atoms with van der Waals surface area (Å²) in [4.78, 5) is 12.6. The van der Waals surface area contributed by atoms with Crippen LogP contribution in [0.25, 0.3) is 45.7 Å². The predicted molar refractivity (Wildman–Crippen MR) is 168 cm³/mol. The fourth-order valence-electron chi connectivity index (χ4n) is 4.65. The molecule has 0 radical (unpaired) electrons. The van der Waals surface area contributed by atoms with Crippen molar-refractivity contribution in [3.63, 3.8) is 0 Å². The number of hydrogen-bond acceptors (Lipinski definition) is 5. The lowest BCUT2D eigenvalue weighted by Gasteiger charge is -2.15. The number of carboxylic acids is 1. The molecule has 0 aliphatic heterocycles. The number of thioether (sulfide) groups is 1. The van der Waals surface area contributed by atoms with E-state index in [1.807, 2.05) is 66.7 Å². The molecule has 42 heavy (non-hydrogen) atoms. The highest BCUT2D eigenvalue weighted by atomic mass is 35.5. The lowest BCUT2D eigenvalue weighted by molar-refractivity contribution is -0.131. The van der Waals surface area contributed by atoms with Crippen LogP contribution in [0.3, 0.4) is 0 Å². The fourth-order valence-corrected chi connectivity index (χ4v) is 5.43. The van der Waals surface area contributed by atoms with Crippen LogP contribution in [0, 0.1) is 6.92 Å². The third-order valence-electron chi connectivity index (χ3n) is 6.63. The number of halogens is 1. The Morgan fingerprint density at radius 3 is 2.12 bits per heavy atom. The van der Waals surface area contributed by atoms with Gasteiger partial charge in [-0.2, -0.15) is 0 Å². The van der Waals surface area contributed by atoms with Gasteiger partial charge in [0.05, 0.1) is 11.4 Å². The molecule has 0 spiro atoms. The zero-order valence-corrected chi connectivity index (χ0v) is 24.0. The smallest absolute Gasteiger partial charge is 0.342 e. The Balaban J connectivity index is 1.50. The van der Waals surface area contributed by atoms with Gasteiger partial charge in [0, 0.05) is 21.8 Å². The molecule has 0 amide bonds. The third-order valence-corrected chi connectivity index (χ3v) is 7.74. The number of rotatable bonds is 8. The molecule has 6 aromatic rings. The Hall–Kier alpha value is -4.85. The van der Waals surface area contributed by atoms with E-state index in [1.54, 1.807) is 30.3 Å². The Kier molecular flexibility index (Phi) is 7.77. The van der Waals surface area contributed by atoms with Gasteiger partial charge in [0.25, 0.3) is 5.22 Å². The fraction of sp³-hybridized carbons (Fsp3) is 0.0294. The Labute approximate surface area is 251 Å². The van der Waals surface area contributed by atoms with Gasteiger partial charge in [-0.1, -0.05) is 90.0 Å². The van der Waals surface area contributed by atoms with Crippen LogP contribution < -0.4 is 0 Å². The SMILES string of the molecule is Cc1ccc(-n2c(-c3ccccc3)cc(/C=C(\Sc3nnc(-c4ccc(Cl)cc4)o3)C(=O)O)c2-c2ccccc2)cc1. The van der Waals surface area contributed by atoms with Crippen molar-refractivity contribution in [1.82, 2.24) is 14.8 Å². The molecule has 0 saturated heterocycles. The zero-order chi connectivity index (χ0) is 29.1. The normalized spacial score (nSPS) is 11.5. The van der Waals surface area contributed by atoms with Crippen molar-refractivity contribution in [3.8, 4) is 39.7 Å². The minimum absolute atomic E-state index is 0.0409. The monoisotopic (exact) mass is 589 g/mol. The van der Waals surface area contributed by atoms with Crippen molar-refractivity contribution in [2.45, 2.75) is 12.1 Å². The minimum Gasteiger partial charge on any atom is -0.477 e. The second-order valence-corrected chi connectivity index (χ2v) is 11.0. The number of carbonyl (C=O) groups is 1. The van der Waals surface area contributed by atoms with Crippen LogP contribution in [0.15, 0.2) is 130 Å². The number of nitrogens with zero attached hydrogens (tertiary/aromatic N) is 3. The average molecular weight is 590 g/mol. The molecule has 0 atom stereocenters. The first-order valence-corrected chi connectivity index (χ1v) is 14.3. The van der Waals surface area contributed by atoms with Crippen LogP contribution in [0.4, 0.5) is 0 Å². The van der Waals surface area contributed by atoms with Crippen molar-refractivity contribution < 1.29 is 14.3 Å². The van der Waals surface area contributed by atoms with Gasteiger partial charge >= 0.3 is 5.97 Å². The quantitative estimate of drug-likeness (QED) is 0.141. The van der Waals surface area contributed by atoms with E-state index in [-0.39, 0.29) is 16.0 Å². The van der Waals surface area contributed by atoms with Gasteiger partial charge < -0.3 is 14.1 Å². The molecule has 0 saturated carbocycles. The molecular formula is C34H24ClN3O3S. The highest BCUT2D eigenvalue weighted by Gasteiger charge is 2.22. The number of aliphatic carboxylic acids is 1. The number of carboxylic acid groups (broad SMARTS) is 1. The van der Waals surface area contributed by atoms with Crippen LogP contribution >= 0.6 is 23.4 Å². The summed E-state index contributed by atoms with van der Waals surface area (Å²) in [5.41, 5.74) is 7.29. The van der Waals surface area contributed by atoms with Gasteiger partial charge in [0.1, 0.15) is 4.91 Å². The van der Waals surface area contributed by atoms with Crippen LogP contribution in [0.5, 0.6) is 0 Å². The van der Waals surface area contributed by atoms with Gasteiger partial charge in [-0.25, -0.2) is 4.79 Å². The van der Waals surface area contributed by atoms with Gasteiger partial charge in [-0.15, -0.1) is 10.2 Å². The lowest BCUT2D eigenvalue weighted by atomic mass is 10.1. The van der Waals surface area contributed by atoms with E-state index in [2.05, 4.69) is 46.0 Å². The molecule has 0 fully saturated rings. The van der Waals surface area contributed by atoms with E-state index in [1.165, 1.54) is 0 Å². The number of benzene rings is 4. The summed E-state index contributed by atoms with van der Waals surface area (Å²) in [7, 11) is 0. The Bertz CT molecular complexity index is 1880. The molecular weight excluding hydrogens is 566 g/mol. The molecule has 1 N–H and O–H groups in total. The van der Waals surface area contributed by atoms with Crippen LogP contribution in [0.2, 0.25) is 5.02 Å². The summed E-state index contributed by atoms with van der Waals surface area (Å²) < 4.78 is 7.98. The molecule has 2 aromatic heterocycles. The lowest BCUT2D eigenvalue weighted by Crippen LogP contribution is -2.01. The summed E-state index contributed by atoms with van der Waals surface area (Å²) in [6.45, 7) is 2.05. The summed E-state index contributed by atoms with van der Waals surface area (Å²) in [6, 6.07) is 37.3.